The van der Waals surface area contributed by atoms with Gasteiger partial charge >= 0.3 is 0 Å². The number of benzene rings is 3. The summed E-state index contributed by atoms with van der Waals surface area (Å²) in [6.45, 7) is 2.34. The van der Waals surface area contributed by atoms with E-state index in [1.165, 1.54) is 12.1 Å². The quantitative estimate of drug-likeness (QED) is 0.543. The molecule has 30 heavy (non-hydrogen) atoms. The first-order chi connectivity index (χ1) is 14.5. The first kappa shape index (κ1) is 20.4. The van der Waals surface area contributed by atoms with E-state index >= 15 is 0 Å². The monoisotopic (exact) mass is 424 g/mol. The second kappa shape index (κ2) is 8.86. The molecule has 0 saturated carbocycles. The highest BCUT2D eigenvalue weighted by Gasteiger charge is 2.28. The molecule has 1 heterocycles. The lowest BCUT2D eigenvalue weighted by Gasteiger charge is -2.31. The number of aromatic hydroxyl groups is 1. The predicted molar refractivity (Wildman–Crippen MR) is 117 cm³/mol. The molecule has 154 valence electrons. The van der Waals surface area contributed by atoms with E-state index < -0.39 is 0 Å². The van der Waals surface area contributed by atoms with E-state index in [9.17, 15) is 9.50 Å². The molecule has 0 aromatic heterocycles. The van der Waals surface area contributed by atoms with Gasteiger partial charge in [-0.2, -0.15) is 0 Å². The fourth-order valence-electron chi connectivity index (χ4n) is 3.63. The van der Waals surface area contributed by atoms with Crippen LogP contribution in [0, 0.1) is 5.82 Å². The van der Waals surface area contributed by atoms with Crippen molar-refractivity contribution in [3.8, 4) is 11.5 Å². The summed E-state index contributed by atoms with van der Waals surface area (Å²) in [5.74, 6) is 0.271. The van der Waals surface area contributed by atoms with Gasteiger partial charge in [-0.3, -0.25) is 10.3 Å². The topological polar surface area (TPSA) is 53.8 Å². The second-order valence-corrected chi connectivity index (χ2v) is 7.52. The summed E-state index contributed by atoms with van der Waals surface area (Å²) in [4.78, 5) is 4.87. The first-order valence-electron chi connectivity index (χ1n) is 9.84. The smallest absolute Gasteiger partial charge is 0.162 e. The van der Waals surface area contributed by atoms with Crippen LogP contribution in [0.5, 0.6) is 11.5 Å². The van der Waals surface area contributed by atoms with Gasteiger partial charge in [-0.05, 0) is 48.4 Å². The van der Waals surface area contributed by atoms with Crippen LogP contribution in [0.2, 0.25) is 5.02 Å². The molecule has 0 spiro atoms. The molecule has 1 aliphatic heterocycles. The number of ether oxygens (including phenoxy) is 1. The third-order valence-electron chi connectivity index (χ3n) is 5.11. The summed E-state index contributed by atoms with van der Waals surface area (Å²) >= 11 is 6.05. The van der Waals surface area contributed by atoms with Gasteiger partial charge in [-0.25, -0.2) is 4.39 Å². The molecule has 0 fully saturated rings. The van der Waals surface area contributed by atoms with Crippen molar-refractivity contribution in [1.29, 1.82) is 0 Å². The Morgan fingerprint density at radius 1 is 1.10 bits per heavy atom. The van der Waals surface area contributed by atoms with Crippen LogP contribution in [-0.2, 0) is 0 Å². The average Bonchev–Trinajstić information content (AvgIpc) is 2.76. The van der Waals surface area contributed by atoms with Crippen LogP contribution in [0.3, 0.4) is 0 Å². The predicted octanol–water partition coefficient (Wildman–Crippen LogP) is 5.81. The second-order valence-electron chi connectivity index (χ2n) is 7.09. The molecule has 0 aliphatic carbocycles. The van der Waals surface area contributed by atoms with Crippen molar-refractivity contribution in [3.05, 3.63) is 94.3 Å². The van der Waals surface area contributed by atoms with Crippen LogP contribution < -0.4 is 10.1 Å². The molecular formula is C24H22ClFN2O2. The maximum absolute atomic E-state index is 13.4. The van der Waals surface area contributed by atoms with E-state index in [-0.39, 0.29) is 23.8 Å². The number of halogens is 2. The van der Waals surface area contributed by atoms with E-state index in [0.717, 1.165) is 22.4 Å². The fraction of sp³-hybridized carbons (Fsp3) is 0.208. The van der Waals surface area contributed by atoms with Crippen LogP contribution in [0.1, 0.15) is 42.2 Å². The van der Waals surface area contributed by atoms with Crippen molar-refractivity contribution in [1.82, 2.24) is 5.32 Å². The lowest BCUT2D eigenvalue weighted by molar-refractivity contribution is 0.313. The third-order valence-corrected chi connectivity index (χ3v) is 5.36. The Labute approximate surface area is 180 Å². The summed E-state index contributed by atoms with van der Waals surface area (Å²) in [6, 6.07) is 19.1. The van der Waals surface area contributed by atoms with Gasteiger partial charge < -0.3 is 9.84 Å². The van der Waals surface area contributed by atoms with E-state index in [1.807, 2.05) is 43.3 Å². The maximum atomic E-state index is 13.4. The van der Waals surface area contributed by atoms with Gasteiger partial charge in [0.05, 0.1) is 6.61 Å². The van der Waals surface area contributed by atoms with E-state index in [2.05, 4.69) is 5.32 Å². The number of hydrogen-bond acceptors (Lipinski definition) is 4. The average molecular weight is 425 g/mol. The van der Waals surface area contributed by atoms with Gasteiger partial charge in [0.25, 0.3) is 0 Å². The van der Waals surface area contributed by atoms with Gasteiger partial charge in [-0.15, -0.1) is 0 Å². The zero-order valence-electron chi connectivity index (χ0n) is 16.5. The Bertz CT molecular complexity index is 1050. The lowest BCUT2D eigenvalue weighted by Crippen LogP contribution is -2.33. The molecule has 2 N–H and O–H groups in total. The van der Waals surface area contributed by atoms with Crippen molar-refractivity contribution in [3.63, 3.8) is 0 Å². The van der Waals surface area contributed by atoms with Crippen LogP contribution >= 0.6 is 11.6 Å². The lowest BCUT2D eigenvalue weighted by atomic mass is 9.93. The number of phenols is 1. The zero-order valence-corrected chi connectivity index (χ0v) is 17.2. The molecular weight excluding hydrogens is 403 g/mol. The van der Waals surface area contributed by atoms with Crippen LogP contribution in [0.4, 0.5) is 4.39 Å². The van der Waals surface area contributed by atoms with E-state index in [4.69, 9.17) is 21.3 Å². The highest BCUT2D eigenvalue weighted by molar-refractivity contribution is 6.30. The van der Waals surface area contributed by atoms with Crippen LogP contribution in [0.25, 0.3) is 0 Å². The van der Waals surface area contributed by atoms with Crippen molar-refractivity contribution in [2.24, 2.45) is 4.99 Å². The molecule has 2 atom stereocenters. The summed E-state index contributed by atoms with van der Waals surface area (Å²) in [5.41, 5.74) is 3.41. The molecule has 0 radical (unpaired) electrons. The molecule has 0 bridgehead atoms. The number of aliphatic imine (C=N–C) groups is 1. The summed E-state index contributed by atoms with van der Waals surface area (Å²) in [7, 11) is 0. The van der Waals surface area contributed by atoms with Gasteiger partial charge in [-0.1, -0.05) is 48.0 Å². The molecule has 0 saturated heterocycles. The molecule has 0 unspecified atom stereocenters. The third kappa shape index (κ3) is 4.32. The van der Waals surface area contributed by atoms with Crippen LogP contribution in [-0.4, -0.2) is 17.4 Å². The SMILES string of the molecule is CCOc1cccc([C@H]2CC(c3ccc(Cl)cc3)=N[C@H](c3ccc(F)cc3)N2)c1O. The maximum Gasteiger partial charge on any atom is 0.162 e. The minimum atomic E-state index is -0.384. The number of para-hydroxylation sites is 1. The molecule has 6 heteroatoms. The number of hydrogen-bond donors (Lipinski definition) is 2. The summed E-state index contributed by atoms with van der Waals surface area (Å²) < 4.78 is 19.0. The highest BCUT2D eigenvalue weighted by atomic mass is 35.5. The minimum Gasteiger partial charge on any atom is -0.504 e. The molecule has 0 amide bonds. The normalized spacial score (nSPS) is 18.7. The summed E-state index contributed by atoms with van der Waals surface area (Å²) in [6.07, 6.45) is 0.188. The molecule has 4 rings (SSSR count). The standard InChI is InChI=1S/C24H22ClFN2O2/c1-2-30-22-5-3-4-19(23(22)29)21-14-20(15-6-10-17(25)11-7-15)27-24(28-21)16-8-12-18(26)13-9-16/h3-13,21,24,28-29H,2,14H2,1H3/t21-,24+/m1/s1. The van der Waals surface area contributed by atoms with E-state index in [1.54, 1.807) is 18.2 Å². The van der Waals surface area contributed by atoms with Crippen molar-refractivity contribution in [2.45, 2.75) is 25.6 Å². The minimum absolute atomic E-state index is 0.118. The number of nitrogens with zero attached hydrogens (tertiary/aromatic N) is 1. The number of rotatable bonds is 5. The summed E-state index contributed by atoms with van der Waals surface area (Å²) in [5, 5.41) is 14.9. The highest BCUT2D eigenvalue weighted by Crippen LogP contribution is 2.38. The van der Waals surface area contributed by atoms with Gasteiger partial charge in [0.1, 0.15) is 12.0 Å². The first-order valence-corrected chi connectivity index (χ1v) is 10.2. The Hall–Kier alpha value is -2.89. The van der Waals surface area contributed by atoms with Crippen molar-refractivity contribution >= 4 is 17.3 Å². The number of phenolic OH excluding ortho intramolecular Hbond substituents is 1. The zero-order chi connectivity index (χ0) is 21.1. The van der Waals surface area contributed by atoms with Crippen LogP contribution in [0.15, 0.2) is 71.7 Å². The van der Waals surface area contributed by atoms with Gasteiger partial charge in [0.15, 0.2) is 11.5 Å². The molecule has 4 nitrogen and oxygen atoms in total. The largest absolute Gasteiger partial charge is 0.504 e. The van der Waals surface area contributed by atoms with Gasteiger partial charge in [0.2, 0.25) is 0 Å². The molecule has 1 aliphatic rings. The Balaban J connectivity index is 1.74. The molecule has 3 aromatic carbocycles. The fourth-order valence-corrected chi connectivity index (χ4v) is 3.76. The Kier molecular flexibility index (Phi) is 6.02. The van der Waals surface area contributed by atoms with Crippen molar-refractivity contribution in [2.75, 3.05) is 6.61 Å². The van der Waals surface area contributed by atoms with E-state index in [0.29, 0.717) is 23.8 Å². The number of nitrogens with one attached hydrogen (secondary N) is 1. The Morgan fingerprint density at radius 2 is 1.83 bits per heavy atom. The van der Waals surface area contributed by atoms with Crippen molar-refractivity contribution < 1.29 is 14.2 Å². The Morgan fingerprint density at radius 3 is 2.53 bits per heavy atom. The molecule has 3 aromatic rings. The van der Waals surface area contributed by atoms with Gasteiger partial charge in [0, 0.05) is 28.8 Å².